The minimum atomic E-state index is -1.23. The molecule has 36 heavy (non-hydrogen) atoms. The summed E-state index contributed by atoms with van der Waals surface area (Å²) in [4.78, 5) is 5.98. The summed E-state index contributed by atoms with van der Waals surface area (Å²) in [6, 6.07) is 17.5. The Morgan fingerprint density at radius 3 is 2.56 bits per heavy atom. The third-order valence-electron chi connectivity index (χ3n) is 5.84. The normalized spacial score (nSPS) is 13.2. The third kappa shape index (κ3) is 6.19. The van der Waals surface area contributed by atoms with E-state index in [1.165, 1.54) is 31.4 Å². The first-order valence-corrected chi connectivity index (χ1v) is 11.6. The van der Waals surface area contributed by atoms with E-state index in [9.17, 15) is 14.6 Å². The highest BCUT2D eigenvalue weighted by molar-refractivity contribution is 5.71. The fraction of sp³-hybridized carbons (Fsp3) is 0.259. The average Bonchev–Trinajstić information content (AvgIpc) is 3.37. The van der Waals surface area contributed by atoms with Crippen molar-refractivity contribution in [2.45, 2.75) is 18.8 Å². The highest BCUT2D eigenvalue weighted by Crippen LogP contribution is 2.33. The maximum atomic E-state index is 15.2. The zero-order chi connectivity index (χ0) is 25.5. The molecule has 0 saturated heterocycles. The molecule has 4 aromatic rings. The van der Waals surface area contributed by atoms with Crippen LogP contribution in [-0.2, 0) is 11.2 Å². The van der Waals surface area contributed by atoms with E-state index in [1.54, 1.807) is 35.4 Å². The lowest BCUT2D eigenvalue weighted by atomic mass is 10.0. The summed E-state index contributed by atoms with van der Waals surface area (Å²) in [6.07, 6.45) is 0.115. The summed E-state index contributed by atoms with van der Waals surface area (Å²) >= 11 is 0. The van der Waals surface area contributed by atoms with E-state index in [4.69, 9.17) is 4.74 Å². The third-order valence-corrected chi connectivity index (χ3v) is 5.84. The van der Waals surface area contributed by atoms with Crippen molar-refractivity contribution >= 4 is 0 Å². The zero-order valence-corrected chi connectivity index (χ0v) is 19.8. The largest absolute Gasteiger partial charge is 0.389 e. The molecule has 2 atom stereocenters. The van der Waals surface area contributed by atoms with E-state index in [2.05, 4.69) is 15.2 Å². The van der Waals surface area contributed by atoms with Gasteiger partial charge < -0.3 is 14.9 Å². The molecule has 0 fully saturated rings. The number of hydrogen-bond donors (Lipinski definition) is 3. The Morgan fingerprint density at radius 2 is 1.83 bits per heavy atom. The quantitative estimate of drug-likeness (QED) is 0.273. The van der Waals surface area contributed by atoms with E-state index in [-0.39, 0.29) is 24.5 Å². The van der Waals surface area contributed by atoms with Crippen molar-refractivity contribution in [1.29, 1.82) is 0 Å². The van der Waals surface area contributed by atoms with Gasteiger partial charge in [0.1, 0.15) is 17.9 Å². The first-order chi connectivity index (χ1) is 17.5. The summed E-state index contributed by atoms with van der Waals surface area (Å²) in [5.74, 6) is -0.904. The molecule has 2 aromatic carbocycles. The van der Waals surface area contributed by atoms with Crippen LogP contribution < -0.4 is 0 Å². The van der Waals surface area contributed by atoms with Crippen molar-refractivity contribution in [3.8, 4) is 22.5 Å². The van der Waals surface area contributed by atoms with Crippen LogP contribution in [0.1, 0.15) is 17.5 Å². The molecule has 0 aliphatic rings. The number of aromatic amines is 1. The van der Waals surface area contributed by atoms with Gasteiger partial charge in [-0.25, -0.2) is 8.78 Å². The second kappa shape index (κ2) is 12.0. The number of pyridine rings is 1. The highest BCUT2D eigenvalue weighted by Gasteiger charge is 2.26. The number of hydrogen-bond acceptors (Lipinski definition) is 6. The van der Waals surface area contributed by atoms with Crippen LogP contribution in [0.2, 0.25) is 0 Å². The number of nitrogens with zero attached hydrogens (tertiary/aromatic N) is 3. The van der Waals surface area contributed by atoms with Gasteiger partial charge in [0.2, 0.25) is 0 Å². The Morgan fingerprint density at radius 1 is 1.03 bits per heavy atom. The first-order valence-electron chi connectivity index (χ1n) is 11.6. The monoisotopic (exact) mass is 494 g/mol. The lowest BCUT2D eigenvalue weighted by molar-refractivity contribution is -0.0390. The van der Waals surface area contributed by atoms with Crippen molar-refractivity contribution in [2.24, 2.45) is 0 Å². The number of aliphatic hydroxyl groups is 2. The summed E-state index contributed by atoms with van der Waals surface area (Å²) < 4.78 is 33.5. The van der Waals surface area contributed by atoms with Crippen molar-refractivity contribution < 1.29 is 23.7 Å². The molecule has 0 radical (unpaired) electrons. The Balaban J connectivity index is 1.64. The number of nitrogens with one attached hydrogen (secondary N) is 1. The van der Waals surface area contributed by atoms with Crippen LogP contribution >= 0.6 is 0 Å². The summed E-state index contributed by atoms with van der Waals surface area (Å²) in [6.45, 7) is 0.546. The topological polar surface area (TPSA) is 94.5 Å². The molecular formula is C27H28F2N4O3. The van der Waals surface area contributed by atoms with E-state index in [0.29, 0.717) is 35.5 Å². The molecule has 0 spiro atoms. The van der Waals surface area contributed by atoms with Crippen molar-refractivity contribution in [3.63, 3.8) is 0 Å². The van der Waals surface area contributed by atoms with Crippen LogP contribution in [-0.4, -0.2) is 63.2 Å². The molecule has 4 rings (SSSR count). The standard InChI is InChI=1S/C27H28F2N4O3/c1-36-17-21(34)16-33(14-12-20-5-2-3-13-30-20)27(35)22-6-4-7-23(29)26(22)25-15-24(31-32-25)18-8-10-19(28)11-9-18/h2-11,13,15,21,27,34-35H,12,14,16-17H2,1H3,(H,31,32)/t21-,27?/m1/s1. The lowest BCUT2D eigenvalue weighted by Gasteiger charge is -2.31. The van der Waals surface area contributed by atoms with Crippen molar-refractivity contribution in [2.75, 3.05) is 26.8 Å². The Hall–Kier alpha value is -3.50. The minimum Gasteiger partial charge on any atom is -0.389 e. The van der Waals surface area contributed by atoms with Gasteiger partial charge in [-0.05, 0) is 48.5 Å². The van der Waals surface area contributed by atoms with E-state index in [0.717, 1.165) is 5.69 Å². The molecule has 0 aliphatic carbocycles. The fourth-order valence-electron chi connectivity index (χ4n) is 4.09. The van der Waals surface area contributed by atoms with Gasteiger partial charge in [-0.3, -0.25) is 15.0 Å². The number of benzene rings is 2. The van der Waals surface area contributed by atoms with E-state index < -0.39 is 18.1 Å². The molecule has 9 heteroatoms. The zero-order valence-electron chi connectivity index (χ0n) is 19.8. The van der Waals surface area contributed by atoms with E-state index in [1.807, 2.05) is 18.2 Å². The van der Waals surface area contributed by atoms with Gasteiger partial charge >= 0.3 is 0 Å². The molecule has 2 heterocycles. The predicted molar refractivity (Wildman–Crippen MR) is 132 cm³/mol. The van der Waals surface area contributed by atoms with Crippen LogP contribution in [0.3, 0.4) is 0 Å². The average molecular weight is 495 g/mol. The molecule has 3 N–H and O–H groups in total. The highest BCUT2D eigenvalue weighted by atomic mass is 19.1. The molecule has 2 aromatic heterocycles. The Bertz CT molecular complexity index is 1250. The van der Waals surface area contributed by atoms with Gasteiger partial charge in [0.05, 0.1) is 24.1 Å². The van der Waals surface area contributed by atoms with Crippen LogP contribution in [0.15, 0.2) is 72.9 Å². The lowest BCUT2D eigenvalue weighted by Crippen LogP contribution is -2.39. The van der Waals surface area contributed by atoms with Crippen molar-refractivity contribution in [3.05, 3.63) is 95.8 Å². The molecule has 188 valence electrons. The van der Waals surface area contributed by atoms with Gasteiger partial charge in [0.15, 0.2) is 0 Å². The Labute approximate surface area is 208 Å². The molecule has 1 unspecified atom stereocenters. The predicted octanol–water partition coefficient (Wildman–Crippen LogP) is 3.96. The first kappa shape index (κ1) is 25.6. The molecule has 0 bridgehead atoms. The number of ether oxygens (including phenoxy) is 1. The fourth-order valence-corrected chi connectivity index (χ4v) is 4.09. The number of H-pyrrole nitrogens is 1. The molecule has 7 nitrogen and oxygen atoms in total. The number of aliphatic hydroxyl groups excluding tert-OH is 2. The Kier molecular flexibility index (Phi) is 8.50. The van der Waals surface area contributed by atoms with Gasteiger partial charge in [0.25, 0.3) is 0 Å². The maximum Gasteiger partial charge on any atom is 0.134 e. The van der Waals surface area contributed by atoms with Crippen LogP contribution in [0.5, 0.6) is 0 Å². The van der Waals surface area contributed by atoms with Gasteiger partial charge in [-0.15, -0.1) is 0 Å². The molecule has 0 aliphatic heterocycles. The number of halogens is 2. The van der Waals surface area contributed by atoms with Crippen LogP contribution in [0.4, 0.5) is 8.78 Å². The maximum absolute atomic E-state index is 15.2. The van der Waals surface area contributed by atoms with E-state index >= 15 is 4.39 Å². The summed E-state index contributed by atoms with van der Waals surface area (Å²) in [5.41, 5.74) is 2.84. The number of rotatable bonds is 11. The summed E-state index contributed by atoms with van der Waals surface area (Å²) in [7, 11) is 1.49. The SMILES string of the molecule is COC[C@H](O)CN(CCc1ccccn1)C(O)c1cccc(F)c1-c1cc(-c2ccc(F)cc2)n[nH]1. The van der Waals surface area contributed by atoms with Crippen LogP contribution in [0.25, 0.3) is 22.5 Å². The van der Waals surface area contributed by atoms with Crippen LogP contribution in [0, 0.1) is 11.6 Å². The second-order valence-electron chi connectivity index (χ2n) is 8.43. The van der Waals surface area contributed by atoms with Gasteiger partial charge in [-0.1, -0.05) is 18.2 Å². The molecule has 0 amide bonds. The van der Waals surface area contributed by atoms with Crippen molar-refractivity contribution in [1.82, 2.24) is 20.1 Å². The van der Waals surface area contributed by atoms with Gasteiger partial charge in [-0.2, -0.15) is 5.10 Å². The smallest absolute Gasteiger partial charge is 0.134 e. The summed E-state index contributed by atoms with van der Waals surface area (Å²) in [5, 5.41) is 28.9. The number of methoxy groups -OCH3 is 1. The molecular weight excluding hydrogens is 466 g/mol. The second-order valence-corrected chi connectivity index (χ2v) is 8.43. The number of aromatic nitrogens is 3. The van der Waals surface area contributed by atoms with Gasteiger partial charge in [0, 0.05) is 55.2 Å². The molecule has 0 saturated carbocycles. The minimum absolute atomic E-state index is 0.0877.